The average Bonchev–Trinajstić information content (AvgIpc) is 3.08. The fourth-order valence-corrected chi connectivity index (χ4v) is 6.75. The van der Waals surface area contributed by atoms with Crippen LogP contribution < -0.4 is 19.4 Å². The van der Waals surface area contributed by atoms with Gasteiger partial charge in [-0.1, -0.05) is 59.8 Å². The number of nitrogens with zero attached hydrogens (tertiary/aromatic N) is 6. The lowest BCUT2D eigenvalue weighted by Crippen LogP contribution is -2.48. The van der Waals surface area contributed by atoms with Crippen LogP contribution in [0.15, 0.2) is 84.0 Å². The fourth-order valence-electron chi connectivity index (χ4n) is 5.72. The lowest BCUT2D eigenvalue weighted by Gasteiger charge is -2.36. The standard InChI is InChI=1S/C34H36ClFN6O2S/c1-2-44-30-10-6-5-9-29(30)40-17-21-42(22-18-40)33(43)26-13-11-25(12-14-26)24-45-34-37-31(35)23-32(38-34)41-19-15-39(16-20-41)28-8-4-3-7-27(28)36/h3-14,23H,2,15-22,24H2,1H3. The summed E-state index contributed by atoms with van der Waals surface area (Å²) >= 11 is 7.89. The molecular formula is C34H36ClFN6O2S. The summed E-state index contributed by atoms with van der Waals surface area (Å²) in [5.74, 6) is 2.14. The van der Waals surface area contributed by atoms with Gasteiger partial charge < -0.3 is 24.3 Å². The summed E-state index contributed by atoms with van der Waals surface area (Å²) in [6, 6.07) is 24.5. The van der Waals surface area contributed by atoms with Crippen LogP contribution in [-0.4, -0.2) is 79.7 Å². The third kappa shape index (κ3) is 7.45. The van der Waals surface area contributed by atoms with Gasteiger partial charge in [0.05, 0.1) is 18.0 Å². The number of hydrogen-bond acceptors (Lipinski definition) is 8. The summed E-state index contributed by atoms with van der Waals surface area (Å²) in [6.07, 6.45) is 0. The first-order chi connectivity index (χ1) is 22.0. The normalized spacial score (nSPS) is 15.4. The Balaban J connectivity index is 1.01. The van der Waals surface area contributed by atoms with Gasteiger partial charge in [-0.05, 0) is 48.9 Å². The number of hydrogen-bond donors (Lipinski definition) is 0. The van der Waals surface area contributed by atoms with E-state index >= 15 is 0 Å². The number of carbonyl (C=O) groups is 1. The second kappa shape index (κ2) is 14.4. The molecule has 1 aromatic heterocycles. The van der Waals surface area contributed by atoms with Gasteiger partial charge in [0.25, 0.3) is 5.91 Å². The molecule has 4 aromatic rings. The Morgan fingerprint density at radius 1 is 0.822 bits per heavy atom. The molecule has 0 aliphatic carbocycles. The smallest absolute Gasteiger partial charge is 0.253 e. The molecule has 2 fully saturated rings. The van der Waals surface area contributed by atoms with Crippen LogP contribution in [0, 0.1) is 5.82 Å². The highest BCUT2D eigenvalue weighted by Crippen LogP contribution is 2.30. The van der Waals surface area contributed by atoms with Gasteiger partial charge in [0.2, 0.25) is 0 Å². The van der Waals surface area contributed by atoms with Crippen molar-refractivity contribution in [1.29, 1.82) is 0 Å². The van der Waals surface area contributed by atoms with E-state index in [9.17, 15) is 9.18 Å². The third-order valence-corrected chi connectivity index (χ3v) is 9.21. The molecule has 0 atom stereocenters. The number of anilines is 3. The predicted molar refractivity (Wildman–Crippen MR) is 180 cm³/mol. The number of thioether (sulfide) groups is 1. The summed E-state index contributed by atoms with van der Waals surface area (Å²) in [4.78, 5) is 30.9. The Hall–Kier alpha value is -4.02. The molecule has 0 saturated carbocycles. The number of amides is 1. The van der Waals surface area contributed by atoms with Crippen LogP contribution in [0.1, 0.15) is 22.8 Å². The minimum atomic E-state index is -0.203. The molecule has 1 amide bonds. The Morgan fingerprint density at radius 3 is 2.16 bits per heavy atom. The molecule has 0 spiro atoms. The van der Waals surface area contributed by atoms with Crippen molar-refractivity contribution in [3.05, 3.63) is 101 Å². The van der Waals surface area contributed by atoms with E-state index in [1.165, 1.54) is 17.8 Å². The van der Waals surface area contributed by atoms with Crippen molar-refractivity contribution in [2.24, 2.45) is 0 Å². The lowest BCUT2D eigenvalue weighted by atomic mass is 10.1. The van der Waals surface area contributed by atoms with E-state index in [1.54, 1.807) is 12.1 Å². The highest BCUT2D eigenvalue weighted by Gasteiger charge is 2.24. The number of piperazine rings is 2. The molecule has 2 aliphatic heterocycles. The minimum absolute atomic E-state index is 0.0462. The van der Waals surface area contributed by atoms with Crippen LogP contribution in [0.5, 0.6) is 5.75 Å². The van der Waals surface area contributed by atoms with Crippen LogP contribution in [0.25, 0.3) is 0 Å². The molecule has 11 heteroatoms. The van der Waals surface area contributed by atoms with Crippen molar-refractivity contribution in [3.63, 3.8) is 0 Å². The van der Waals surface area contributed by atoms with Crippen LogP contribution >= 0.6 is 23.4 Å². The number of halogens is 2. The zero-order valence-corrected chi connectivity index (χ0v) is 26.8. The molecule has 234 valence electrons. The van der Waals surface area contributed by atoms with Crippen LogP contribution in [0.2, 0.25) is 5.15 Å². The van der Waals surface area contributed by atoms with E-state index in [0.717, 1.165) is 35.9 Å². The zero-order chi connectivity index (χ0) is 31.2. The Kier molecular flexibility index (Phi) is 9.91. The topological polar surface area (TPSA) is 65.0 Å². The molecule has 3 aromatic carbocycles. The molecule has 0 radical (unpaired) electrons. The molecule has 6 rings (SSSR count). The Bertz CT molecular complexity index is 1610. The van der Waals surface area contributed by atoms with Gasteiger partial charge in [-0.2, -0.15) is 0 Å². The molecule has 0 N–H and O–H groups in total. The highest BCUT2D eigenvalue weighted by molar-refractivity contribution is 7.98. The molecule has 8 nitrogen and oxygen atoms in total. The molecule has 3 heterocycles. The Morgan fingerprint density at radius 2 is 1.44 bits per heavy atom. The maximum Gasteiger partial charge on any atom is 0.253 e. The van der Waals surface area contributed by atoms with Crippen LogP contribution in [-0.2, 0) is 5.75 Å². The van der Waals surface area contributed by atoms with E-state index in [4.69, 9.17) is 21.3 Å². The molecule has 0 unspecified atom stereocenters. The number of benzene rings is 3. The van der Waals surface area contributed by atoms with Crippen LogP contribution in [0.3, 0.4) is 0 Å². The number of ether oxygens (including phenoxy) is 1. The molecule has 2 aliphatic rings. The molecule has 0 bridgehead atoms. The minimum Gasteiger partial charge on any atom is -0.492 e. The van der Waals surface area contributed by atoms with Gasteiger partial charge in [0, 0.05) is 69.7 Å². The molecule has 45 heavy (non-hydrogen) atoms. The van der Waals surface area contributed by atoms with E-state index in [1.807, 2.05) is 66.4 Å². The summed E-state index contributed by atoms with van der Waals surface area (Å²) in [5.41, 5.74) is 3.45. The SMILES string of the molecule is CCOc1ccccc1N1CCN(C(=O)c2ccc(CSc3nc(Cl)cc(N4CCN(c5ccccc5F)CC4)n3)cc2)CC1. The Labute approximate surface area is 272 Å². The first kappa shape index (κ1) is 31.0. The van der Waals surface area contributed by atoms with Gasteiger partial charge >= 0.3 is 0 Å². The van der Waals surface area contributed by atoms with Gasteiger partial charge in [-0.15, -0.1) is 0 Å². The number of para-hydroxylation sites is 3. The summed E-state index contributed by atoms with van der Waals surface area (Å²) < 4.78 is 20.1. The number of aromatic nitrogens is 2. The molecular weight excluding hydrogens is 611 g/mol. The van der Waals surface area contributed by atoms with Crippen molar-refractivity contribution >= 4 is 46.5 Å². The fraction of sp³-hybridized carbons (Fsp3) is 0.324. The second-order valence-electron chi connectivity index (χ2n) is 10.9. The monoisotopic (exact) mass is 646 g/mol. The van der Waals surface area contributed by atoms with Crippen molar-refractivity contribution < 1.29 is 13.9 Å². The number of carbonyl (C=O) groups excluding carboxylic acids is 1. The largest absolute Gasteiger partial charge is 0.492 e. The van der Waals surface area contributed by atoms with Crippen molar-refractivity contribution in [1.82, 2.24) is 14.9 Å². The zero-order valence-electron chi connectivity index (χ0n) is 25.2. The number of rotatable bonds is 9. The van der Waals surface area contributed by atoms with Gasteiger partial charge in [0.15, 0.2) is 5.16 Å². The summed E-state index contributed by atoms with van der Waals surface area (Å²) in [7, 11) is 0. The van der Waals surface area contributed by atoms with E-state index in [0.29, 0.717) is 73.2 Å². The molecule has 2 saturated heterocycles. The van der Waals surface area contributed by atoms with Crippen molar-refractivity contribution in [3.8, 4) is 5.75 Å². The summed E-state index contributed by atoms with van der Waals surface area (Å²) in [6.45, 7) is 8.22. The maximum absolute atomic E-state index is 14.2. The van der Waals surface area contributed by atoms with E-state index in [-0.39, 0.29) is 11.7 Å². The first-order valence-corrected chi connectivity index (χ1v) is 16.6. The van der Waals surface area contributed by atoms with Crippen molar-refractivity contribution in [2.45, 2.75) is 17.8 Å². The van der Waals surface area contributed by atoms with E-state index in [2.05, 4.69) is 25.8 Å². The maximum atomic E-state index is 14.2. The van der Waals surface area contributed by atoms with Crippen molar-refractivity contribution in [2.75, 3.05) is 73.7 Å². The van der Waals surface area contributed by atoms with E-state index < -0.39 is 0 Å². The van der Waals surface area contributed by atoms with Gasteiger partial charge in [-0.25, -0.2) is 14.4 Å². The van der Waals surface area contributed by atoms with Crippen LogP contribution in [0.4, 0.5) is 21.6 Å². The summed E-state index contributed by atoms with van der Waals surface area (Å²) in [5, 5.41) is 0.986. The highest BCUT2D eigenvalue weighted by atomic mass is 35.5. The third-order valence-electron chi connectivity index (χ3n) is 8.10. The second-order valence-corrected chi connectivity index (χ2v) is 12.3. The predicted octanol–water partition coefficient (Wildman–Crippen LogP) is 6.25. The lowest BCUT2D eigenvalue weighted by molar-refractivity contribution is 0.0746. The van der Waals surface area contributed by atoms with Gasteiger partial charge in [-0.3, -0.25) is 4.79 Å². The van der Waals surface area contributed by atoms with Gasteiger partial charge in [0.1, 0.15) is 22.5 Å². The average molecular weight is 647 g/mol. The first-order valence-electron chi connectivity index (χ1n) is 15.3. The quantitative estimate of drug-likeness (QED) is 0.120.